The topological polar surface area (TPSA) is 44.2 Å². The number of quaternary nitrogens is 1. The minimum absolute atomic E-state index is 0.384. The first-order chi connectivity index (χ1) is 14.1. The van der Waals surface area contributed by atoms with Gasteiger partial charge in [-0.2, -0.15) is 4.37 Å². The van der Waals surface area contributed by atoms with Gasteiger partial charge in [-0.05, 0) is 37.6 Å². The molecule has 2 aromatic rings. The molecule has 0 fully saturated rings. The van der Waals surface area contributed by atoms with E-state index in [4.69, 9.17) is 9.47 Å². The lowest BCUT2D eigenvalue weighted by Crippen LogP contribution is -2.49. The average Bonchev–Trinajstić information content (AvgIpc) is 3.22. The Kier molecular flexibility index (Phi) is 7.67. The molecule has 0 bridgehead atoms. The van der Waals surface area contributed by atoms with E-state index in [1.54, 1.807) is 7.11 Å². The molecular weight excluding hydrogens is 382 g/mol. The van der Waals surface area contributed by atoms with E-state index < -0.39 is 0 Å². The van der Waals surface area contributed by atoms with Crippen molar-refractivity contribution in [2.45, 2.75) is 52.0 Å². The molecule has 1 aromatic heterocycles. The van der Waals surface area contributed by atoms with Crippen molar-refractivity contribution in [3.8, 4) is 11.6 Å². The van der Waals surface area contributed by atoms with Gasteiger partial charge in [-0.15, -0.1) is 4.37 Å². The van der Waals surface area contributed by atoms with Crippen LogP contribution in [0.2, 0.25) is 0 Å². The van der Waals surface area contributed by atoms with Gasteiger partial charge in [-0.25, -0.2) is 0 Å². The van der Waals surface area contributed by atoms with Crippen LogP contribution >= 0.6 is 11.7 Å². The van der Waals surface area contributed by atoms with Gasteiger partial charge >= 0.3 is 0 Å². The molecule has 2 atom stereocenters. The van der Waals surface area contributed by atoms with Crippen molar-refractivity contribution in [1.82, 2.24) is 8.75 Å². The lowest BCUT2D eigenvalue weighted by Gasteiger charge is -2.42. The third kappa shape index (κ3) is 5.37. The second-order valence-electron chi connectivity index (χ2n) is 8.16. The first kappa shape index (κ1) is 21.8. The van der Waals surface area contributed by atoms with E-state index >= 15 is 0 Å². The van der Waals surface area contributed by atoms with Crippen LogP contribution in [0.5, 0.6) is 11.6 Å². The number of methoxy groups -OCH3 is 1. The first-order valence-corrected chi connectivity index (χ1v) is 11.4. The van der Waals surface area contributed by atoms with E-state index in [1.807, 2.05) is 12.1 Å². The molecule has 0 saturated heterocycles. The molecule has 0 N–H and O–H groups in total. The largest absolute Gasteiger partial charge is 0.497 e. The molecule has 0 saturated carbocycles. The Bertz CT molecular complexity index is 803. The second kappa shape index (κ2) is 10.2. The molecule has 2 unspecified atom stereocenters. The molecular formula is C23H34N3O2S+. The van der Waals surface area contributed by atoms with Crippen molar-refractivity contribution in [2.24, 2.45) is 0 Å². The summed E-state index contributed by atoms with van der Waals surface area (Å²) in [7, 11) is 4.05. The summed E-state index contributed by atoms with van der Waals surface area (Å²) in [5, 5.41) is 0. The van der Waals surface area contributed by atoms with Gasteiger partial charge in [0.15, 0.2) is 0 Å². The molecule has 29 heavy (non-hydrogen) atoms. The number of unbranched alkanes of at least 4 members (excludes halogenated alkanes) is 3. The number of benzene rings is 1. The van der Waals surface area contributed by atoms with Crippen LogP contribution in [0.1, 0.15) is 63.3 Å². The number of likely N-dealkylation sites (N-methyl/N-ethyl adjacent to an activating group) is 1. The molecule has 158 valence electrons. The summed E-state index contributed by atoms with van der Waals surface area (Å²) in [5.74, 6) is 1.61. The normalized spacial score (nSPS) is 20.2. The van der Waals surface area contributed by atoms with Gasteiger partial charge < -0.3 is 14.0 Å². The highest BCUT2D eigenvalue weighted by Gasteiger charge is 2.35. The molecule has 6 heteroatoms. The van der Waals surface area contributed by atoms with E-state index in [0.717, 1.165) is 48.5 Å². The maximum atomic E-state index is 5.99. The summed E-state index contributed by atoms with van der Waals surface area (Å²) in [5.41, 5.74) is 3.53. The van der Waals surface area contributed by atoms with Crippen LogP contribution in [0.15, 0.2) is 30.3 Å². The molecule has 0 radical (unpaired) electrons. The van der Waals surface area contributed by atoms with Gasteiger partial charge in [0, 0.05) is 17.6 Å². The molecule has 1 aromatic carbocycles. The zero-order valence-corrected chi connectivity index (χ0v) is 19.0. The summed E-state index contributed by atoms with van der Waals surface area (Å²) >= 11 is 1.25. The zero-order valence-electron chi connectivity index (χ0n) is 18.2. The van der Waals surface area contributed by atoms with Gasteiger partial charge in [0.05, 0.1) is 39.0 Å². The van der Waals surface area contributed by atoms with Gasteiger partial charge in [0.25, 0.3) is 5.88 Å². The summed E-state index contributed by atoms with van der Waals surface area (Å²) < 4.78 is 21.3. The fourth-order valence-electron chi connectivity index (χ4n) is 3.98. The Hall–Kier alpha value is -1.92. The van der Waals surface area contributed by atoms with Gasteiger partial charge in [0.1, 0.15) is 24.0 Å². The van der Waals surface area contributed by atoms with Crippen LogP contribution in [-0.2, 0) is 0 Å². The van der Waals surface area contributed by atoms with E-state index in [2.05, 4.69) is 47.9 Å². The van der Waals surface area contributed by atoms with Crippen molar-refractivity contribution in [3.05, 3.63) is 41.6 Å². The maximum absolute atomic E-state index is 5.99. The standard InChI is InChI=1S/C23H34N3O2S/c1-5-6-7-8-16-28-23-22(24-29-25-23)20-10-9-15-26(3,17-20)18(2)19-11-13-21(27-4)14-12-19/h10-14,18H,5-9,15-17H2,1-4H3/q+1. The third-order valence-corrected chi connectivity index (χ3v) is 6.61. The molecule has 1 aliphatic heterocycles. The van der Waals surface area contributed by atoms with E-state index in [0.29, 0.717) is 11.9 Å². The molecule has 0 amide bonds. The predicted octanol–water partition coefficient (Wildman–Crippen LogP) is 5.50. The Morgan fingerprint density at radius 3 is 2.66 bits per heavy atom. The highest BCUT2D eigenvalue weighted by Crippen LogP contribution is 2.36. The summed E-state index contributed by atoms with van der Waals surface area (Å²) in [4.78, 5) is 0. The number of aromatic nitrogens is 2. The number of hydrogen-bond acceptors (Lipinski definition) is 5. The first-order valence-electron chi connectivity index (χ1n) is 10.7. The van der Waals surface area contributed by atoms with Crippen molar-refractivity contribution < 1.29 is 14.0 Å². The third-order valence-electron chi connectivity index (χ3n) is 6.09. The number of rotatable bonds is 10. The van der Waals surface area contributed by atoms with Crippen LogP contribution in [-0.4, -0.2) is 47.1 Å². The summed E-state index contributed by atoms with van der Waals surface area (Å²) in [6, 6.07) is 8.84. The van der Waals surface area contributed by atoms with Crippen LogP contribution in [0.3, 0.4) is 0 Å². The molecule has 2 heterocycles. The Balaban J connectivity index is 1.68. The number of nitrogens with zero attached hydrogens (tertiary/aromatic N) is 3. The van der Waals surface area contributed by atoms with E-state index in [-0.39, 0.29) is 0 Å². The van der Waals surface area contributed by atoms with Gasteiger partial charge in [0.2, 0.25) is 0 Å². The zero-order chi connectivity index (χ0) is 20.7. The van der Waals surface area contributed by atoms with E-state index in [1.165, 1.54) is 42.1 Å². The predicted molar refractivity (Wildman–Crippen MR) is 119 cm³/mol. The van der Waals surface area contributed by atoms with Crippen LogP contribution in [0.25, 0.3) is 5.57 Å². The van der Waals surface area contributed by atoms with Crippen molar-refractivity contribution in [2.75, 3.05) is 33.9 Å². The lowest BCUT2D eigenvalue weighted by atomic mass is 9.98. The monoisotopic (exact) mass is 416 g/mol. The fourth-order valence-corrected chi connectivity index (χ4v) is 4.51. The van der Waals surface area contributed by atoms with Crippen LogP contribution in [0, 0.1) is 0 Å². The highest BCUT2D eigenvalue weighted by molar-refractivity contribution is 6.99. The summed E-state index contributed by atoms with van der Waals surface area (Å²) in [6.45, 7) is 7.31. The second-order valence-corrected chi connectivity index (χ2v) is 8.68. The number of hydrogen-bond donors (Lipinski definition) is 0. The van der Waals surface area contributed by atoms with Gasteiger partial charge in [-0.1, -0.05) is 32.3 Å². The molecule has 0 aliphatic carbocycles. The maximum Gasteiger partial charge on any atom is 0.253 e. The molecule has 3 rings (SSSR count). The van der Waals surface area contributed by atoms with Crippen LogP contribution < -0.4 is 9.47 Å². The van der Waals surface area contributed by atoms with Crippen molar-refractivity contribution >= 4 is 17.3 Å². The Morgan fingerprint density at radius 2 is 1.93 bits per heavy atom. The smallest absolute Gasteiger partial charge is 0.253 e. The number of ether oxygens (including phenoxy) is 2. The highest BCUT2D eigenvalue weighted by atomic mass is 32.1. The molecule has 1 aliphatic rings. The summed E-state index contributed by atoms with van der Waals surface area (Å²) in [6.07, 6.45) is 8.14. The van der Waals surface area contributed by atoms with Crippen LogP contribution in [0.4, 0.5) is 0 Å². The minimum atomic E-state index is 0.384. The van der Waals surface area contributed by atoms with Gasteiger partial charge in [-0.3, -0.25) is 0 Å². The molecule has 0 spiro atoms. The van der Waals surface area contributed by atoms with E-state index in [9.17, 15) is 0 Å². The Morgan fingerprint density at radius 1 is 1.14 bits per heavy atom. The average molecular weight is 417 g/mol. The molecule has 5 nitrogen and oxygen atoms in total. The SMILES string of the molecule is CCCCCCOc1nsnc1C1=CCC[N+](C)(C(C)c2ccc(OC)cc2)C1. The Labute approximate surface area is 179 Å². The van der Waals surface area contributed by atoms with Crippen molar-refractivity contribution in [1.29, 1.82) is 0 Å². The lowest BCUT2D eigenvalue weighted by molar-refractivity contribution is -0.931. The van der Waals surface area contributed by atoms with Crippen molar-refractivity contribution in [3.63, 3.8) is 0 Å². The quantitative estimate of drug-likeness (QED) is 0.379. The minimum Gasteiger partial charge on any atom is -0.497 e. The fraction of sp³-hybridized carbons (Fsp3) is 0.565.